The summed E-state index contributed by atoms with van der Waals surface area (Å²) >= 11 is 0. The van der Waals surface area contributed by atoms with Crippen molar-refractivity contribution in [3.63, 3.8) is 0 Å². The van der Waals surface area contributed by atoms with Gasteiger partial charge in [0.2, 0.25) is 0 Å². The molecule has 1 unspecified atom stereocenters. The quantitative estimate of drug-likeness (QED) is 0.705. The number of hydrogen-bond donors (Lipinski definition) is 0. The first kappa shape index (κ1) is 16.1. The zero-order valence-corrected chi connectivity index (χ0v) is 13.0. The molecule has 0 fully saturated rings. The minimum atomic E-state index is -2.76. The smallest absolute Gasteiger partial charge is 0.277 e. The van der Waals surface area contributed by atoms with Gasteiger partial charge in [0.05, 0.1) is 11.8 Å². The van der Waals surface area contributed by atoms with Crippen molar-refractivity contribution < 1.29 is 9.09 Å². The SMILES string of the molecule is CCN(C)P(=O)(OCC(C)(C)C)C(C)(C)C. The van der Waals surface area contributed by atoms with Crippen LogP contribution in [-0.2, 0) is 9.09 Å². The Hall–Kier alpha value is 0.150. The highest BCUT2D eigenvalue weighted by Crippen LogP contribution is 2.61. The molecule has 0 rings (SSSR count). The maximum atomic E-state index is 12.9. The predicted octanol–water partition coefficient (Wildman–Crippen LogP) is 3.99. The maximum absolute atomic E-state index is 12.9. The molecule has 0 aromatic heterocycles. The molecule has 0 heterocycles. The van der Waals surface area contributed by atoms with E-state index in [-0.39, 0.29) is 10.6 Å². The molecule has 0 spiro atoms. The van der Waals surface area contributed by atoms with Crippen LogP contribution >= 0.6 is 7.52 Å². The van der Waals surface area contributed by atoms with Gasteiger partial charge in [-0.15, -0.1) is 0 Å². The first-order valence-electron chi connectivity index (χ1n) is 5.90. The number of nitrogens with zero attached hydrogens (tertiary/aromatic N) is 1. The lowest BCUT2D eigenvalue weighted by Gasteiger charge is -2.38. The van der Waals surface area contributed by atoms with Crippen LogP contribution in [0.5, 0.6) is 0 Å². The Balaban J connectivity index is 4.92. The third-order valence-corrected chi connectivity index (χ3v) is 5.78. The normalized spacial score (nSPS) is 17.6. The van der Waals surface area contributed by atoms with Crippen molar-refractivity contribution in [2.24, 2.45) is 5.41 Å². The number of hydrogen-bond acceptors (Lipinski definition) is 2. The third-order valence-electron chi connectivity index (χ3n) is 2.43. The van der Waals surface area contributed by atoms with Crippen LogP contribution in [0, 0.1) is 5.41 Å². The maximum Gasteiger partial charge on any atom is 0.277 e. The summed E-state index contributed by atoms with van der Waals surface area (Å²) in [6.45, 7) is 15.4. The van der Waals surface area contributed by atoms with Gasteiger partial charge in [-0.05, 0) is 33.2 Å². The lowest BCUT2D eigenvalue weighted by molar-refractivity contribution is 0.174. The molecule has 0 saturated carbocycles. The Morgan fingerprint density at radius 3 is 1.81 bits per heavy atom. The lowest BCUT2D eigenvalue weighted by Crippen LogP contribution is -2.31. The molecule has 0 aromatic rings. The van der Waals surface area contributed by atoms with E-state index in [2.05, 4.69) is 20.8 Å². The van der Waals surface area contributed by atoms with Crippen molar-refractivity contribution in [3.8, 4) is 0 Å². The molecule has 0 radical (unpaired) electrons. The molecular formula is C12H28NO2P. The topological polar surface area (TPSA) is 29.5 Å². The summed E-state index contributed by atoms with van der Waals surface area (Å²) in [5.74, 6) is 0. The second-order valence-electron chi connectivity index (χ2n) is 6.50. The van der Waals surface area contributed by atoms with Crippen molar-refractivity contribution in [1.29, 1.82) is 0 Å². The van der Waals surface area contributed by atoms with E-state index in [0.29, 0.717) is 6.61 Å². The van der Waals surface area contributed by atoms with E-state index in [1.807, 2.05) is 39.4 Å². The van der Waals surface area contributed by atoms with E-state index in [4.69, 9.17) is 4.52 Å². The van der Waals surface area contributed by atoms with E-state index < -0.39 is 7.52 Å². The van der Waals surface area contributed by atoms with E-state index in [1.54, 1.807) is 0 Å². The zero-order chi connectivity index (χ0) is 13.2. The van der Waals surface area contributed by atoms with Crippen LogP contribution in [0.2, 0.25) is 0 Å². The molecule has 0 N–H and O–H groups in total. The van der Waals surface area contributed by atoms with Gasteiger partial charge in [-0.1, -0.05) is 27.7 Å². The van der Waals surface area contributed by atoms with Crippen molar-refractivity contribution in [2.75, 3.05) is 20.2 Å². The summed E-state index contributed by atoms with van der Waals surface area (Å²) in [7, 11) is -0.888. The molecule has 0 aromatic carbocycles. The highest BCUT2D eigenvalue weighted by atomic mass is 31.2. The van der Waals surface area contributed by atoms with Crippen molar-refractivity contribution in [2.45, 2.75) is 53.6 Å². The minimum Gasteiger partial charge on any atom is -0.316 e. The van der Waals surface area contributed by atoms with Gasteiger partial charge in [-0.25, -0.2) is 4.67 Å². The molecule has 4 heteroatoms. The van der Waals surface area contributed by atoms with Crippen LogP contribution in [0.15, 0.2) is 0 Å². The molecule has 0 aliphatic rings. The highest BCUT2D eigenvalue weighted by Gasteiger charge is 2.42. The summed E-state index contributed by atoms with van der Waals surface area (Å²) < 4.78 is 20.6. The zero-order valence-electron chi connectivity index (χ0n) is 12.1. The molecule has 3 nitrogen and oxygen atoms in total. The average Bonchev–Trinajstić information content (AvgIpc) is 2.09. The van der Waals surface area contributed by atoms with Crippen LogP contribution in [0.25, 0.3) is 0 Å². The molecular weight excluding hydrogens is 221 g/mol. The van der Waals surface area contributed by atoms with Crippen LogP contribution in [-0.4, -0.2) is 30.0 Å². The summed E-state index contributed by atoms with van der Waals surface area (Å²) in [5.41, 5.74) is 0.0372. The van der Waals surface area contributed by atoms with Crippen molar-refractivity contribution in [1.82, 2.24) is 4.67 Å². The van der Waals surface area contributed by atoms with Gasteiger partial charge in [0.25, 0.3) is 7.52 Å². The standard InChI is InChI=1S/C12H28NO2P/c1-9-13(8)16(14,12(5,6)7)15-10-11(2,3)4/h9-10H2,1-8H3. The van der Waals surface area contributed by atoms with Crippen LogP contribution in [0.4, 0.5) is 0 Å². The van der Waals surface area contributed by atoms with Crippen LogP contribution in [0.3, 0.4) is 0 Å². The van der Waals surface area contributed by atoms with Gasteiger partial charge >= 0.3 is 0 Å². The fraction of sp³-hybridized carbons (Fsp3) is 1.00. The van der Waals surface area contributed by atoms with E-state index in [9.17, 15) is 4.57 Å². The minimum absolute atomic E-state index is 0.0372. The fourth-order valence-corrected chi connectivity index (χ4v) is 3.81. The monoisotopic (exact) mass is 249 g/mol. The van der Waals surface area contributed by atoms with Gasteiger partial charge in [0, 0.05) is 6.54 Å². The third kappa shape index (κ3) is 4.20. The van der Waals surface area contributed by atoms with E-state index in [1.165, 1.54) is 0 Å². The molecule has 1 atom stereocenters. The van der Waals surface area contributed by atoms with Crippen molar-refractivity contribution in [3.05, 3.63) is 0 Å². The summed E-state index contributed by atoms with van der Waals surface area (Å²) in [6, 6.07) is 0. The van der Waals surface area contributed by atoms with E-state index in [0.717, 1.165) is 6.54 Å². The lowest BCUT2D eigenvalue weighted by atomic mass is 9.99. The second kappa shape index (κ2) is 5.20. The fourth-order valence-electron chi connectivity index (χ4n) is 1.27. The molecule has 0 aliphatic heterocycles. The van der Waals surface area contributed by atoms with Crippen molar-refractivity contribution >= 4 is 7.52 Å². The van der Waals surface area contributed by atoms with Gasteiger partial charge in [0.1, 0.15) is 0 Å². The van der Waals surface area contributed by atoms with Crippen LogP contribution in [0.1, 0.15) is 48.5 Å². The predicted molar refractivity (Wildman–Crippen MR) is 71.1 cm³/mol. The Labute approximate surface area is 101 Å². The summed E-state index contributed by atoms with van der Waals surface area (Å²) in [5, 5.41) is -0.344. The largest absolute Gasteiger partial charge is 0.316 e. The molecule has 0 aliphatic carbocycles. The molecule has 0 bridgehead atoms. The Morgan fingerprint density at radius 2 is 1.56 bits per heavy atom. The average molecular weight is 249 g/mol. The van der Waals surface area contributed by atoms with E-state index >= 15 is 0 Å². The van der Waals surface area contributed by atoms with Gasteiger partial charge in [-0.3, -0.25) is 4.57 Å². The first-order chi connectivity index (χ1) is 6.94. The highest BCUT2D eigenvalue weighted by molar-refractivity contribution is 7.58. The number of rotatable bonds is 4. The molecule has 0 saturated heterocycles. The Kier molecular flexibility index (Phi) is 5.25. The molecule has 98 valence electrons. The molecule has 16 heavy (non-hydrogen) atoms. The van der Waals surface area contributed by atoms with Crippen LogP contribution < -0.4 is 0 Å². The van der Waals surface area contributed by atoms with Gasteiger partial charge in [-0.2, -0.15) is 0 Å². The molecule has 0 amide bonds. The Morgan fingerprint density at radius 1 is 1.12 bits per heavy atom. The van der Waals surface area contributed by atoms with Gasteiger partial charge in [0.15, 0.2) is 0 Å². The summed E-state index contributed by atoms with van der Waals surface area (Å²) in [4.78, 5) is 0. The second-order valence-corrected chi connectivity index (χ2v) is 9.82. The van der Waals surface area contributed by atoms with Gasteiger partial charge < -0.3 is 4.52 Å². The first-order valence-corrected chi connectivity index (χ1v) is 7.48. The summed E-state index contributed by atoms with van der Waals surface area (Å²) in [6.07, 6.45) is 0. The Bertz CT molecular complexity index is 263.